The molecule has 2 aliphatic heterocycles. The van der Waals surface area contributed by atoms with Crippen LogP contribution >= 0.6 is 0 Å². The molecule has 1 unspecified atom stereocenters. The highest BCUT2D eigenvalue weighted by molar-refractivity contribution is 6.00. The second-order valence-electron chi connectivity index (χ2n) is 12.0. The van der Waals surface area contributed by atoms with Gasteiger partial charge in [-0.3, -0.25) is 9.29 Å². The van der Waals surface area contributed by atoms with Crippen LogP contribution in [-0.2, 0) is 12.8 Å². The molecule has 1 atom stereocenters. The third-order valence-corrected chi connectivity index (χ3v) is 8.37. The summed E-state index contributed by atoms with van der Waals surface area (Å²) in [6.07, 6.45) is 5.70. The number of aromatic hydroxyl groups is 1. The van der Waals surface area contributed by atoms with Crippen LogP contribution in [0, 0.1) is 0 Å². The Kier molecular flexibility index (Phi) is 7.11. The molecule has 39 heavy (non-hydrogen) atoms. The van der Waals surface area contributed by atoms with Crippen LogP contribution in [0.1, 0.15) is 67.3 Å². The number of alkyl halides is 1. The number of phenolic OH excluding ortho intramolecular Hbond substituents is 1. The van der Waals surface area contributed by atoms with Crippen molar-refractivity contribution < 1.29 is 14.2 Å². The number of nitrogens with one attached hydrogen (secondary N) is 1. The fourth-order valence-electron chi connectivity index (χ4n) is 6.60. The van der Waals surface area contributed by atoms with E-state index in [9.17, 15) is 9.50 Å². The van der Waals surface area contributed by atoms with Gasteiger partial charge in [0, 0.05) is 30.9 Å². The zero-order valence-corrected chi connectivity index (χ0v) is 23.1. The van der Waals surface area contributed by atoms with Crippen LogP contribution in [0.4, 0.5) is 10.1 Å². The van der Waals surface area contributed by atoms with Gasteiger partial charge in [0.15, 0.2) is 0 Å². The number of nitrogens with zero attached hydrogens (tertiary/aromatic N) is 1. The summed E-state index contributed by atoms with van der Waals surface area (Å²) in [5, 5.41) is 13.9. The summed E-state index contributed by atoms with van der Waals surface area (Å²) in [6, 6.07) is 21.2. The molecule has 1 fully saturated rings. The van der Waals surface area contributed by atoms with Gasteiger partial charge in [-0.15, -0.1) is 0 Å². The Morgan fingerprint density at radius 1 is 1.00 bits per heavy atom. The number of anilines is 1. The Balaban J connectivity index is 1.34. The predicted octanol–water partition coefficient (Wildman–Crippen LogP) is 7.25. The molecule has 0 radical (unpaired) electrons. The van der Waals surface area contributed by atoms with Crippen molar-refractivity contribution in [2.45, 2.75) is 64.0 Å². The van der Waals surface area contributed by atoms with Crippen molar-refractivity contribution in [3.8, 4) is 11.5 Å². The lowest BCUT2D eigenvalue weighted by molar-refractivity contribution is 0.198. The standard InChI is InChI=1S/C34H39FN2O2/c1-34(2)21-26-19-25(9-14-32(26)36-34)30-6-3-5-24-20-27(38)10-13-31(24)33(30)23-7-11-28(12-8-23)39-29-15-18-37(22-29)17-4-16-35/h7-14,19-20,29,36,38H,3-6,15-18,21-22H2,1-2H3. The number of aryl methyl sites for hydroxylation is 1. The molecule has 2 heterocycles. The van der Waals surface area contributed by atoms with E-state index < -0.39 is 0 Å². The quantitative estimate of drug-likeness (QED) is 0.340. The first-order valence-corrected chi connectivity index (χ1v) is 14.4. The van der Waals surface area contributed by atoms with Crippen molar-refractivity contribution in [3.05, 3.63) is 88.5 Å². The molecule has 0 aromatic heterocycles. The normalized spacial score (nSPS) is 20.3. The molecule has 3 aromatic rings. The van der Waals surface area contributed by atoms with Crippen molar-refractivity contribution in [2.75, 3.05) is 31.6 Å². The maximum Gasteiger partial charge on any atom is 0.119 e. The van der Waals surface area contributed by atoms with E-state index in [0.29, 0.717) is 12.2 Å². The highest BCUT2D eigenvalue weighted by Crippen LogP contribution is 2.43. The van der Waals surface area contributed by atoms with Gasteiger partial charge in [0.25, 0.3) is 0 Å². The summed E-state index contributed by atoms with van der Waals surface area (Å²) in [5.74, 6) is 1.20. The summed E-state index contributed by atoms with van der Waals surface area (Å²) in [4.78, 5) is 2.29. The van der Waals surface area contributed by atoms with Gasteiger partial charge in [-0.25, -0.2) is 0 Å². The van der Waals surface area contributed by atoms with Crippen LogP contribution in [0.15, 0.2) is 60.7 Å². The average Bonchev–Trinajstić information content (AvgIpc) is 3.43. The SMILES string of the molecule is CC1(C)Cc2cc(C3=C(c4ccc(OC5CCN(CCCF)C5)cc4)c4ccc(O)cc4CCC3)ccc2N1. The monoisotopic (exact) mass is 526 g/mol. The van der Waals surface area contributed by atoms with Gasteiger partial charge in [0.1, 0.15) is 17.6 Å². The second-order valence-corrected chi connectivity index (χ2v) is 12.0. The van der Waals surface area contributed by atoms with Gasteiger partial charge < -0.3 is 15.2 Å². The molecule has 5 heteroatoms. The third-order valence-electron chi connectivity index (χ3n) is 8.37. The van der Waals surface area contributed by atoms with Crippen molar-refractivity contribution in [1.82, 2.24) is 4.90 Å². The maximum atomic E-state index is 12.6. The predicted molar refractivity (Wildman–Crippen MR) is 157 cm³/mol. The zero-order valence-electron chi connectivity index (χ0n) is 23.1. The number of benzene rings is 3. The van der Waals surface area contributed by atoms with E-state index in [1.54, 1.807) is 0 Å². The minimum absolute atomic E-state index is 0.0746. The smallest absolute Gasteiger partial charge is 0.119 e. The highest BCUT2D eigenvalue weighted by Gasteiger charge is 2.29. The topological polar surface area (TPSA) is 44.7 Å². The summed E-state index contributed by atoms with van der Waals surface area (Å²) < 4.78 is 18.9. The molecule has 6 rings (SSSR count). The number of allylic oxidation sites excluding steroid dienone is 1. The van der Waals surface area contributed by atoms with Crippen molar-refractivity contribution in [3.63, 3.8) is 0 Å². The lowest BCUT2D eigenvalue weighted by Crippen LogP contribution is -2.26. The molecule has 0 saturated carbocycles. The van der Waals surface area contributed by atoms with Gasteiger partial charge in [-0.1, -0.05) is 24.3 Å². The summed E-state index contributed by atoms with van der Waals surface area (Å²) >= 11 is 0. The van der Waals surface area contributed by atoms with Crippen LogP contribution in [0.3, 0.4) is 0 Å². The number of fused-ring (bicyclic) bond motifs is 2. The first-order chi connectivity index (χ1) is 18.9. The van der Waals surface area contributed by atoms with E-state index in [1.165, 1.54) is 44.7 Å². The summed E-state index contributed by atoms with van der Waals surface area (Å²) in [5.41, 5.74) is 10.1. The maximum absolute atomic E-state index is 12.6. The van der Waals surface area contributed by atoms with Gasteiger partial charge in [0.2, 0.25) is 0 Å². The molecular formula is C34H39FN2O2. The zero-order chi connectivity index (χ0) is 27.0. The third kappa shape index (κ3) is 5.56. The van der Waals surface area contributed by atoms with Crippen LogP contribution in [0.2, 0.25) is 0 Å². The molecule has 204 valence electrons. The van der Waals surface area contributed by atoms with Crippen LogP contribution < -0.4 is 10.1 Å². The van der Waals surface area contributed by atoms with Gasteiger partial charge >= 0.3 is 0 Å². The molecular weight excluding hydrogens is 487 g/mol. The van der Waals surface area contributed by atoms with E-state index >= 15 is 0 Å². The molecule has 2 N–H and O–H groups in total. The Hall–Kier alpha value is -3.31. The number of ether oxygens (including phenoxy) is 1. The first-order valence-electron chi connectivity index (χ1n) is 14.4. The number of halogens is 1. The molecule has 0 amide bonds. The van der Waals surface area contributed by atoms with Crippen molar-refractivity contribution >= 4 is 16.8 Å². The number of likely N-dealkylation sites (tertiary alicyclic amines) is 1. The number of phenols is 1. The average molecular weight is 527 g/mol. The van der Waals surface area contributed by atoms with Gasteiger partial charge in [-0.2, -0.15) is 0 Å². The Bertz CT molecular complexity index is 1380. The van der Waals surface area contributed by atoms with Crippen molar-refractivity contribution in [1.29, 1.82) is 0 Å². The Morgan fingerprint density at radius 3 is 2.64 bits per heavy atom. The van der Waals surface area contributed by atoms with E-state index in [-0.39, 0.29) is 18.3 Å². The van der Waals surface area contributed by atoms with Crippen LogP contribution in [-0.4, -0.2) is 48.0 Å². The number of rotatable bonds is 7. The van der Waals surface area contributed by atoms with Gasteiger partial charge in [-0.05, 0) is 128 Å². The minimum Gasteiger partial charge on any atom is -0.508 e. The molecule has 0 spiro atoms. The van der Waals surface area contributed by atoms with Crippen molar-refractivity contribution in [2.24, 2.45) is 0 Å². The Labute approximate surface area is 231 Å². The molecule has 4 nitrogen and oxygen atoms in total. The van der Waals surface area contributed by atoms with E-state index in [0.717, 1.165) is 57.5 Å². The van der Waals surface area contributed by atoms with Crippen LogP contribution in [0.5, 0.6) is 11.5 Å². The summed E-state index contributed by atoms with van der Waals surface area (Å²) in [6.45, 7) is 6.88. The molecule has 3 aliphatic rings. The fourth-order valence-corrected chi connectivity index (χ4v) is 6.60. The first kappa shape index (κ1) is 25.9. The molecule has 1 saturated heterocycles. The number of hydrogen-bond donors (Lipinski definition) is 2. The van der Waals surface area contributed by atoms with Crippen LogP contribution in [0.25, 0.3) is 11.1 Å². The molecule has 3 aromatic carbocycles. The number of hydrogen-bond acceptors (Lipinski definition) is 4. The Morgan fingerprint density at radius 2 is 1.82 bits per heavy atom. The fraction of sp³-hybridized carbons (Fsp3) is 0.412. The molecule has 1 aliphatic carbocycles. The molecule has 0 bridgehead atoms. The summed E-state index contributed by atoms with van der Waals surface area (Å²) in [7, 11) is 0. The van der Waals surface area contributed by atoms with Gasteiger partial charge in [0.05, 0.1) is 6.67 Å². The van der Waals surface area contributed by atoms with E-state index in [4.69, 9.17) is 4.74 Å². The lowest BCUT2D eigenvalue weighted by Gasteiger charge is -2.19. The second kappa shape index (κ2) is 10.7. The lowest BCUT2D eigenvalue weighted by atomic mass is 9.87. The minimum atomic E-state index is -0.260. The largest absolute Gasteiger partial charge is 0.508 e. The highest BCUT2D eigenvalue weighted by atomic mass is 19.1. The van der Waals surface area contributed by atoms with E-state index in [2.05, 4.69) is 72.6 Å². The van der Waals surface area contributed by atoms with E-state index in [1.807, 2.05) is 12.1 Å².